The van der Waals surface area contributed by atoms with Crippen molar-refractivity contribution in [1.29, 1.82) is 0 Å². The van der Waals surface area contributed by atoms with Crippen molar-refractivity contribution >= 4 is 0 Å². The van der Waals surface area contributed by atoms with E-state index in [-0.39, 0.29) is 0 Å². The first-order chi connectivity index (χ1) is 5.75. The zero-order chi connectivity index (χ0) is 10.3. The zero-order valence-electron chi connectivity index (χ0n) is 9.85. The molecule has 1 aliphatic carbocycles. The van der Waals surface area contributed by atoms with E-state index in [1.165, 1.54) is 19.3 Å². The predicted molar refractivity (Wildman–Crippen MR) is 58.6 cm³/mol. The molecule has 0 saturated heterocycles. The molecule has 0 aromatic carbocycles. The third-order valence-corrected chi connectivity index (χ3v) is 3.82. The van der Waals surface area contributed by atoms with E-state index < -0.39 is 0 Å². The molecule has 0 aromatic heterocycles. The van der Waals surface area contributed by atoms with Gasteiger partial charge in [-0.05, 0) is 36.0 Å². The van der Waals surface area contributed by atoms with E-state index in [9.17, 15) is 0 Å². The van der Waals surface area contributed by atoms with Crippen LogP contribution >= 0.6 is 0 Å². The quantitative estimate of drug-likeness (QED) is 0.664. The summed E-state index contributed by atoms with van der Waals surface area (Å²) in [4.78, 5) is 0. The van der Waals surface area contributed by atoms with Gasteiger partial charge in [0.1, 0.15) is 0 Å². The van der Waals surface area contributed by atoms with Crippen molar-refractivity contribution in [2.24, 2.45) is 22.5 Å². The molecule has 0 amide bonds. The molecule has 1 rings (SSSR count). The first kappa shape index (κ1) is 11.0. The Kier molecular flexibility index (Phi) is 2.78. The van der Waals surface area contributed by atoms with Crippen molar-refractivity contribution < 1.29 is 0 Å². The SMILES string of the molecule is CC(C)C1(C)CC(N)CC(C)(C)C1. The van der Waals surface area contributed by atoms with Gasteiger partial charge >= 0.3 is 0 Å². The van der Waals surface area contributed by atoms with Crippen LogP contribution in [0.15, 0.2) is 0 Å². The summed E-state index contributed by atoms with van der Waals surface area (Å²) in [6, 6.07) is 0.413. The smallest absolute Gasteiger partial charge is 0.00492 e. The third-order valence-electron chi connectivity index (χ3n) is 3.82. The molecule has 13 heavy (non-hydrogen) atoms. The maximum atomic E-state index is 6.12. The Morgan fingerprint density at radius 2 is 1.69 bits per heavy atom. The van der Waals surface area contributed by atoms with Crippen LogP contribution in [0.5, 0.6) is 0 Å². The van der Waals surface area contributed by atoms with Crippen LogP contribution in [0.4, 0.5) is 0 Å². The average molecular weight is 183 g/mol. The molecule has 2 N–H and O–H groups in total. The van der Waals surface area contributed by atoms with E-state index in [4.69, 9.17) is 5.73 Å². The molecule has 0 radical (unpaired) electrons. The molecule has 1 saturated carbocycles. The molecule has 78 valence electrons. The summed E-state index contributed by atoms with van der Waals surface area (Å²) in [7, 11) is 0. The highest BCUT2D eigenvalue weighted by molar-refractivity contribution is 4.94. The molecular weight excluding hydrogens is 158 g/mol. The van der Waals surface area contributed by atoms with Gasteiger partial charge in [-0.25, -0.2) is 0 Å². The second-order valence-corrected chi connectivity index (χ2v) is 6.32. The van der Waals surface area contributed by atoms with Gasteiger partial charge in [0.15, 0.2) is 0 Å². The summed E-state index contributed by atoms with van der Waals surface area (Å²) in [5.74, 6) is 0.748. The van der Waals surface area contributed by atoms with Gasteiger partial charge in [-0.1, -0.05) is 34.6 Å². The molecule has 0 heterocycles. The van der Waals surface area contributed by atoms with Crippen LogP contribution in [0.2, 0.25) is 0 Å². The first-order valence-corrected chi connectivity index (χ1v) is 5.51. The highest BCUT2D eigenvalue weighted by Crippen LogP contribution is 2.49. The zero-order valence-corrected chi connectivity index (χ0v) is 9.85. The summed E-state index contributed by atoms with van der Waals surface area (Å²) in [5.41, 5.74) is 7.02. The Hall–Kier alpha value is -0.0400. The minimum absolute atomic E-state index is 0.413. The Bertz CT molecular complexity index is 184. The molecule has 1 nitrogen and oxygen atoms in total. The maximum Gasteiger partial charge on any atom is 0.00492 e. The molecule has 0 spiro atoms. The standard InChI is InChI=1S/C12H25N/c1-9(2)12(5)7-10(13)6-11(3,4)8-12/h9-10H,6-8,13H2,1-5H3. The second-order valence-electron chi connectivity index (χ2n) is 6.32. The van der Waals surface area contributed by atoms with Crippen LogP contribution in [0.25, 0.3) is 0 Å². The predicted octanol–water partition coefficient (Wildman–Crippen LogP) is 3.19. The molecular formula is C12H25N. The fourth-order valence-electron chi connectivity index (χ4n) is 3.06. The summed E-state index contributed by atoms with van der Waals surface area (Å²) in [6.45, 7) is 11.8. The van der Waals surface area contributed by atoms with Gasteiger partial charge in [0.25, 0.3) is 0 Å². The summed E-state index contributed by atoms with van der Waals surface area (Å²) in [6.07, 6.45) is 3.72. The van der Waals surface area contributed by atoms with Crippen LogP contribution in [0.1, 0.15) is 53.9 Å². The lowest BCUT2D eigenvalue weighted by molar-refractivity contribution is 0.0444. The number of nitrogens with two attached hydrogens (primary N) is 1. The summed E-state index contributed by atoms with van der Waals surface area (Å²) >= 11 is 0. The normalized spacial score (nSPS) is 39.5. The van der Waals surface area contributed by atoms with Crippen molar-refractivity contribution in [3.8, 4) is 0 Å². The summed E-state index contributed by atoms with van der Waals surface area (Å²) in [5, 5.41) is 0. The van der Waals surface area contributed by atoms with Gasteiger partial charge < -0.3 is 5.73 Å². The first-order valence-electron chi connectivity index (χ1n) is 5.51. The minimum Gasteiger partial charge on any atom is -0.328 e. The van der Waals surface area contributed by atoms with Crippen LogP contribution in [0, 0.1) is 16.7 Å². The Morgan fingerprint density at radius 1 is 1.15 bits per heavy atom. The van der Waals surface area contributed by atoms with E-state index in [1.807, 2.05) is 0 Å². The lowest BCUT2D eigenvalue weighted by Gasteiger charge is -2.48. The van der Waals surface area contributed by atoms with Crippen LogP contribution in [0.3, 0.4) is 0 Å². The fourth-order valence-corrected chi connectivity index (χ4v) is 3.06. The Balaban J connectivity index is 2.78. The van der Waals surface area contributed by atoms with Gasteiger partial charge in [-0.15, -0.1) is 0 Å². The lowest BCUT2D eigenvalue weighted by atomic mass is 9.59. The van der Waals surface area contributed by atoms with E-state index >= 15 is 0 Å². The molecule has 0 aromatic rings. The molecule has 1 aliphatic rings. The van der Waals surface area contributed by atoms with E-state index in [0.29, 0.717) is 16.9 Å². The number of hydrogen-bond donors (Lipinski definition) is 1. The molecule has 2 unspecified atom stereocenters. The van der Waals surface area contributed by atoms with Crippen LogP contribution in [-0.4, -0.2) is 6.04 Å². The van der Waals surface area contributed by atoms with Crippen molar-refractivity contribution in [2.75, 3.05) is 0 Å². The second kappa shape index (κ2) is 3.27. The van der Waals surface area contributed by atoms with E-state index in [0.717, 1.165) is 5.92 Å². The third kappa shape index (κ3) is 2.46. The van der Waals surface area contributed by atoms with Gasteiger partial charge in [0.2, 0.25) is 0 Å². The number of rotatable bonds is 1. The fraction of sp³-hybridized carbons (Fsp3) is 1.00. The van der Waals surface area contributed by atoms with Gasteiger partial charge in [-0.3, -0.25) is 0 Å². The molecule has 0 aliphatic heterocycles. The van der Waals surface area contributed by atoms with Crippen molar-refractivity contribution in [1.82, 2.24) is 0 Å². The summed E-state index contributed by atoms with van der Waals surface area (Å²) < 4.78 is 0. The Labute approximate surface area is 83.1 Å². The minimum atomic E-state index is 0.413. The largest absolute Gasteiger partial charge is 0.328 e. The van der Waals surface area contributed by atoms with Gasteiger partial charge in [0, 0.05) is 6.04 Å². The molecule has 1 heteroatoms. The monoisotopic (exact) mass is 183 g/mol. The molecule has 2 atom stereocenters. The topological polar surface area (TPSA) is 26.0 Å². The maximum absolute atomic E-state index is 6.12. The van der Waals surface area contributed by atoms with Crippen molar-refractivity contribution in [2.45, 2.75) is 59.9 Å². The average Bonchev–Trinajstić information content (AvgIpc) is 1.79. The van der Waals surface area contributed by atoms with Gasteiger partial charge in [-0.2, -0.15) is 0 Å². The van der Waals surface area contributed by atoms with Crippen LogP contribution < -0.4 is 5.73 Å². The van der Waals surface area contributed by atoms with Crippen molar-refractivity contribution in [3.05, 3.63) is 0 Å². The number of hydrogen-bond acceptors (Lipinski definition) is 1. The van der Waals surface area contributed by atoms with Gasteiger partial charge in [0.05, 0.1) is 0 Å². The van der Waals surface area contributed by atoms with E-state index in [2.05, 4.69) is 34.6 Å². The molecule has 1 fully saturated rings. The molecule has 0 bridgehead atoms. The van der Waals surface area contributed by atoms with Crippen molar-refractivity contribution in [3.63, 3.8) is 0 Å². The Morgan fingerprint density at radius 3 is 2.08 bits per heavy atom. The highest BCUT2D eigenvalue weighted by Gasteiger charge is 2.41. The van der Waals surface area contributed by atoms with Crippen LogP contribution in [-0.2, 0) is 0 Å². The highest BCUT2D eigenvalue weighted by atomic mass is 14.7. The van der Waals surface area contributed by atoms with E-state index in [1.54, 1.807) is 0 Å². The lowest BCUT2D eigenvalue weighted by Crippen LogP contribution is -2.44.